The van der Waals surface area contributed by atoms with Crippen LogP contribution < -0.4 is 4.74 Å². The minimum atomic E-state index is 0.197. The number of rotatable bonds is 6. The molecule has 2 heteroatoms. The van der Waals surface area contributed by atoms with Crippen LogP contribution in [0.1, 0.15) is 42.5 Å². The molecular weight excluding hydrogens is 287 g/mol. The van der Waals surface area contributed by atoms with Crippen molar-refractivity contribution in [2.45, 2.75) is 45.9 Å². The largest absolute Gasteiger partial charge is 0.488 e. The lowest BCUT2D eigenvalue weighted by Gasteiger charge is -2.31. The van der Waals surface area contributed by atoms with Crippen molar-refractivity contribution in [2.75, 3.05) is 6.66 Å². The molecule has 0 saturated heterocycles. The molecule has 0 aliphatic heterocycles. The highest BCUT2D eigenvalue weighted by Gasteiger charge is 2.27. The topological polar surface area (TPSA) is 9.23 Å². The Labute approximate surface area is 136 Å². The van der Waals surface area contributed by atoms with Gasteiger partial charge in [-0.25, -0.2) is 0 Å². The third-order valence-corrected chi connectivity index (χ3v) is 6.22. The Balaban J connectivity index is 2.37. The molecule has 0 spiro atoms. The lowest BCUT2D eigenvalue weighted by Crippen LogP contribution is -2.17. The SMILES string of the molecule is CCC(C)(PC)c1cc(C)cc(C)c1OCc1ccccc1. The van der Waals surface area contributed by atoms with Crippen LogP contribution in [-0.4, -0.2) is 6.66 Å². The Kier molecular flexibility index (Phi) is 5.64. The lowest BCUT2D eigenvalue weighted by atomic mass is 9.92. The monoisotopic (exact) mass is 314 g/mol. The zero-order valence-electron chi connectivity index (χ0n) is 14.4. The van der Waals surface area contributed by atoms with E-state index in [1.54, 1.807) is 0 Å². The molecule has 2 unspecified atom stereocenters. The molecule has 0 radical (unpaired) electrons. The molecular formula is C20H27OP. The van der Waals surface area contributed by atoms with Crippen molar-refractivity contribution in [3.63, 3.8) is 0 Å². The van der Waals surface area contributed by atoms with Crippen LogP contribution in [0.2, 0.25) is 0 Å². The first-order valence-corrected chi connectivity index (χ1v) is 9.47. The maximum absolute atomic E-state index is 6.26. The minimum absolute atomic E-state index is 0.197. The number of hydrogen-bond acceptors (Lipinski definition) is 1. The second kappa shape index (κ2) is 7.29. The van der Waals surface area contributed by atoms with Gasteiger partial charge in [0.25, 0.3) is 0 Å². The normalized spacial score (nSPS) is 14.2. The summed E-state index contributed by atoms with van der Waals surface area (Å²) in [6.07, 6.45) is 1.13. The highest BCUT2D eigenvalue weighted by molar-refractivity contribution is 7.38. The highest BCUT2D eigenvalue weighted by atomic mass is 31.1. The third-order valence-electron chi connectivity index (χ3n) is 4.50. The van der Waals surface area contributed by atoms with Gasteiger partial charge in [-0.3, -0.25) is 0 Å². The fourth-order valence-corrected chi connectivity index (χ4v) is 3.60. The molecule has 22 heavy (non-hydrogen) atoms. The van der Waals surface area contributed by atoms with E-state index >= 15 is 0 Å². The first-order valence-electron chi connectivity index (χ1n) is 7.97. The van der Waals surface area contributed by atoms with Gasteiger partial charge in [-0.15, -0.1) is 8.58 Å². The van der Waals surface area contributed by atoms with Gasteiger partial charge in [0.15, 0.2) is 0 Å². The molecule has 0 aromatic heterocycles. The van der Waals surface area contributed by atoms with Crippen LogP contribution in [0.5, 0.6) is 5.75 Å². The number of aryl methyl sites for hydroxylation is 2. The van der Waals surface area contributed by atoms with E-state index in [1.807, 2.05) is 6.07 Å². The summed E-state index contributed by atoms with van der Waals surface area (Å²) in [5.74, 6) is 1.08. The van der Waals surface area contributed by atoms with Crippen molar-refractivity contribution in [1.29, 1.82) is 0 Å². The van der Waals surface area contributed by atoms with Crippen LogP contribution >= 0.6 is 8.58 Å². The highest BCUT2D eigenvalue weighted by Crippen LogP contribution is 2.47. The van der Waals surface area contributed by atoms with Crippen LogP contribution in [0.4, 0.5) is 0 Å². The van der Waals surface area contributed by atoms with Crippen LogP contribution in [0.25, 0.3) is 0 Å². The van der Waals surface area contributed by atoms with Gasteiger partial charge in [0.2, 0.25) is 0 Å². The van der Waals surface area contributed by atoms with Gasteiger partial charge in [0.05, 0.1) is 0 Å². The smallest absolute Gasteiger partial charge is 0.126 e. The van der Waals surface area contributed by atoms with Crippen LogP contribution in [0.15, 0.2) is 42.5 Å². The predicted molar refractivity (Wildman–Crippen MR) is 98.6 cm³/mol. The Morgan fingerprint density at radius 2 is 1.77 bits per heavy atom. The summed E-state index contributed by atoms with van der Waals surface area (Å²) in [7, 11) is 0.859. The van der Waals surface area contributed by atoms with E-state index in [1.165, 1.54) is 22.3 Å². The standard InChI is InChI=1S/C20H27OP/c1-6-20(4,22-5)18-13-15(2)12-16(3)19(18)21-14-17-10-8-7-9-11-17/h7-13,22H,6,14H2,1-5H3. The van der Waals surface area contributed by atoms with Gasteiger partial charge in [-0.1, -0.05) is 61.9 Å². The zero-order chi connectivity index (χ0) is 16.2. The van der Waals surface area contributed by atoms with Crippen molar-refractivity contribution < 1.29 is 4.74 Å². The van der Waals surface area contributed by atoms with E-state index in [0.29, 0.717) is 6.61 Å². The summed E-state index contributed by atoms with van der Waals surface area (Å²) in [5, 5.41) is 0.197. The molecule has 0 N–H and O–H groups in total. The molecule has 1 nitrogen and oxygen atoms in total. The van der Waals surface area contributed by atoms with Gasteiger partial charge >= 0.3 is 0 Å². The summed E-state index contributed by atoms with van der Waals surface area (Å²) in [6.45, 7) is 11.9. The van der Waals surface area contributed by atoms with Gasteiger partial charge in [-0.05, 0) is 38.1 Å². The fourth-order valence-electron chi connectivity index (χ4n) is 2.79. The van der Waals surface area contributed by atoms with Crippen molar-refractivity contribution in [3.8, 4) is 5.75 Å². The summed E-state index contributed by atoms with van der Waals surface area (Å²) >= 11 is 0. The average Bonchev–Trinajstić information content (AvgIpc) is 2.53. The number of ether oxygens (including phenoxy) is 1. The van der Waals surface area contributed by atoms with E-state index in [9.17, 15) is 0 Å². The summed E-state index contributed by atoms with van der Waals surface area (Å²) in [6, 6.07) is 14.9. The molecule has 2 rings (SSSR count). The van der Waals surface area contributed by atoms with Gasteiger partial charge < -0.3 is 4.74 Å². The average molecular weight is 314 g/mol. The Morgan fingerprint density at radius 1 is 1.09 bits per heavy atom. The van der Waals surface area contributed by atoms with Crippen molar-refractivity contribution in [2.24, 2.45) is 0 Å². The van der Waals surface area contributed by atoms with E-state index in [4.69, 9.17) is 4.74 Å². The number of benzene rings is 2. The van der Waals surface area contributed by atoms with E-state index in [-0.39, 0.29) is 5.16 Å². The fraction of sp³-hybridized carbons (Fsp3) is 0.400. The molecule has 0 fully saturated rings. The minimum Gasteiger partial charge on any atom is -0.488 e. The molecule has 2 aromatic carbocycles. The quantitative estimate of drug-likeness (QED) is 0.611. The molecule has 0 saturated carbocycles. The predicted octanol–water partition coefficient (Wildman–Crippen LogP) is 5.82. The van der Waals surface area contributed by atoms with Crippen LogP contribution in [-0.2, 0) is 11.8 Å². The van der Waals surface area contributed by atoms with Gasteiger partial charge in [0.1, 0.15) is 12.4 Å². The molecule has 0 bridgehead atoms. The maximum Gasteiger partial charge on any atom is 0.126 e. The first-order chi connectivity index (χ1) is 10.5. The second-order valence-electron chi connectivity index (χ2n) is 6.17. The zero-order valence-corrected chi connectivity index (χ0v) is 15.4. The molecule has 2 aromatic rings. The summed E-state index contributed by atoms with van der Waals surface area (Å²) in [5.41, 5.74) is 5.14. The van der Waals surface area contributed by atoms with Crippen molar-refractivity contribution in [1.82, 2.24) is 0 Å². The summed E-state index contributed by atoms with van der Waals surface area (Å²) < 4.78 is 6.26. The Bertz CT molecular complexity index is 615. The van der Waals surface area contributed by atoms with Crippen LogP contribution in [0, 0.1) is 13.8 Å². The summed E-state index contributed by atoms with van der Waals surface area (Å²) in [4.78, 5) is 0. The van der Waals surface area contributed by atoms with Crippen molar-refractivity contribution >= 4 is 8.58 Å². The third kappa shape index (κ3) is 3.70. The van der Waals surface area contributed by atoms with E-state index in [2.05, 4.69) is 70.8 Å². The Morgan fingerprint density at radius 3 is 2.36 bits per heavy atom. The molecule has 118 valence electrons. The van der Waals surface area contributed by atoms with Gasteiger partial charge in [-0.2, -0.15) is 0 Å². The van der Waals surface area contributed by atoms with E-state index in [0.717, 1.165) is 20.8 Å². The molecule has 2 atom stereocenters. The van der Waals surface area contributed by atoms with Crippen LogP contribution in [0.3, 0.4) is 0 Å². The second-order valence-corrected chi connectivity index (χ2v) is 7.77. The van der Waals surface area contributed by atoms with Gasteiger partial charge in [0, 0.05) is 10.7 Å². The molecule has 0 aliphatic carbocycles. The molecule has 0 amide bonds. The maximum atomic E-state index is 6.26. The molecule has 0 heterocycles. The van der Waals surface area contributed by atoms with E-state index < -0.39 is 0 Å². The lowest BCUT2D eigenvalue weighted by molar-refractivity contribution is 0.297. The Hall–Kier alpha value is -1.33. The molecule has 0 aliphatic rings. The first kappa shape index (κ1) is 17.0. The van der Waals surface area contributed by atoms with Crippen molar-refractivity contribution in [3.05, 3.63) is 64.7 Å². The number of hydrogen-bond donors (Lipinski definition) is 0.